The van der Waals surface area contributed by atoms with Crippen LogP contribution in [0.1, 0.15) is 62.0 Å². The lowest BCUT2D eigenvalue weighted by molar-refractivity contribution is -0.106. The van der Waals surface area contributed by atoms with E-state index < -0.39 is 24.2 Å². The molecule has 3 atom stereocenters. The van der Waals surface area contributed by atoms with Crippen LogP contribution in [0.5, 0.6) is 5.75 Å². The average molecular weight is 500 g/mol. The molecule has 34 heavy (non-hydrogen) atoms. The second-order valence-electron chi connectivity index (χ2n) is 9.13. The molecule has 0 bridgehead atoms. The van der Waals surface area contributed by atoms with E-state index in [0.717, 1.165) is 31.2 Å². The molecule has 0 saturated heterocycles. The molecule has 1 aliphatic carbocycles. The van der Waals surface area contributed by atoms with Gasteiger partial charge in [0, 0.05) is 19.2 Å². The van der Waals surface area contributed by atoms with E-state index in [2.05, 4.69) is 10.4 Å². The minimum Gasteiger partial charge on any atom is -0.434 e. The van der Waals surface area contributed by atoms with Crippen LogP contribution in [0.2, 0.25) is 5.02 Å². The van der Waals surface area contributed by atoms with Gasteiger partial charge in [0.15, 0.2) is 5.69 Å². The van der Waals surface area contributed by atoms with Crippen molar-refractivity contribution in [2.45, 2.75) is 70.7 Å². The van der Waals surface area contributed by atoms with E-state index in [1.54, 1.807) is 19.2 Å². The fourth-order valence-corrected chi connectivity index (χ4v) is 4.68. The van der Waals surface area contributed by atoms with Crippen molar-refractivity contribution in [3.63, 3.8) is 0 Å². The zero-order valence-corrected chi connectivity index (χ0v) is 20.4. The Morgan fingerprint density at radius 1 is 1.44 bits per heavy atom. The molecule has 1 aliphatic rings. The molecule has 1 fully saturated rings. The van der Waals surface area contributed by atoms with Crippen LogP contribution >= 0.6 is 11.6 Å². The lowest BCUT2D eigenvalue weighted by atomic mass is 9.77. The van der Waals surface area contributed by atoms with Crippen LogP contribution in [0.15, 0.2) is 18.2 Å². The highest BCUT2D eigenvalue weighted by molar-refractivity contribution is 6.36. The van der Waals surface area contributed by atoms with Crippen molar-refractivity contribution in [1.82, 2.24) is 15.1 Å². The van der Waals surface area contributed by atoms with E-state index in [-0.39, 0.29) is 40.2 Å². The van der Waals surface area contributed by atoms with Gasteiger partial charge in [-0.05, 0) is 55.7 Å². The monoisotopic (exact) mass is 499 g/mol. The van der Waals surface area contributed by atoms with E-state index in [9.17, 15) is 23.8 Å². The van der Waals surface area contributed by atoms with E-state index >= 15 is 0 Å². The molecule has 3 N–H and O–H groups in total. The Bertz CT molecular complexity index is 1020. The summed E-state index contributed by atoms with van der Waals surface area (Å²) in [4.78, 5) is 12.8. The number of hydrogen-bond acceptors (Lipinski definition) is 5. The van der Waals surface area contributed by atoms with Crippen molar-refractivity contribution < 1.29 is 28.5 Å². The summed E-state index contributed by atoms with van der Waals surface area (Å²) >= 11 is 6.50. The van der Waals surface area contributed by atoms with Crippen LogP contribution in [0, 0.1) is 5.92 Å². The molecule has 2 aromatic rings. The molecule has 1 aromatic carbocycles. The van der Waals surface area contributed by atoms with E-state index in [1.807, 2.05) is 19.9 Å². The summed E-state index contributed by atoms with van der Waals surface area (Å²) in [5.74, 6) is -0.395. The van der Waals surface area contributed by atoms with Crippen molar-refractivity contribution in [1.29, 1.82) is 0 Å². The van der Waals surface area contributed by atoms with Gasteiger partial charge in [-0.3, -0.25) is 9.48 Å². The van der Waals surface area contributed by atoms with Crippen molar-refractivity contribution in [2.24, 2.45) is 13.0 Å². The van der Waals surface area contributed by atoms with Gasteiger partial charge in [0.25, 0.3) is 5.91 Å². The summed E-state index contributed by atoms with van der Waals surface area (Å²) in [6.45, 7) is 0.855. The van der Waals surface area contributed by atoms with Crippen LogP contribution in [0.3, 0.4) is 0 Å². The van der Waals surface area contributed by atoms with Crippen molar-refractivity contribution in [3.8, 4) is 17.0 Å². The molecule has 0 aliphatic heterocycles. The molecule has 7 nitrogen and oxygen atoms in total. The quantitative estimate of drug-likeness (QED) is 0.477. The van der Waals surface area contributed by atoms with Gasteiger partial charge in [0.1, 0.15) is 11.4 Å². The number of nitrogens with zero attached hydrogens (tertiary/aromatic N) is 2. The summed E-state index contributed by atoms with van der Waals surface area (Å²) in [6.07, 6.45) is 3.17. The molecule has 0 spiro atoms. The fraction of sp³-hybridized carbons (Fsp3) is 0.583. The number of ether oxygens (including phenoxy) is 1. The molecule has 1 aromatic heterocycles. The third-order valence-electron chi connectivity index (χ3n) is 6.41. The zero-order chi connectivity index (χ0) is 25.0. The maximum absolute atomic E-state index is 13.1. The highest BCUT2D eigenvalue weighted by Gasteiger charge is 2.40. The molecule has 10 heteroatoms. The number of carbonyl (C=O) groups is 1. The number of rotatable bonds is 9. The number of halogens is 3. The standard InChI is InChI=1S/C24H32ClF2N3O4/c1-4-5-6-15-7-8-16(17(12-15)34-23(26)27)21-19(25)20(29-30(21)3)22(32)28-13-24(33)10-9-14(2)11-18(24)31/h7-8,12,14,18,23,31,33H,4-6,9-11,13H2,1-3H3,(H,28,32)/t14-,18-,24-/m0/s1. The third kappa shape index (κ3) is 5.87. The largest absolute Gasteiger partial charge is 0.434 e. The Kier molecular flexibility index (Phi) is 8.54. The maximum Gasteiger partial charge on any atom is 0.387 e. The zero-order valence-electron chi connectivity index (χ0n) is 19.7. The Hall–Kier alpha value is -2.23. The van der Waals surface area contributed by atoms with Gasteiger partial charge < -0.3 is 20.3 Å². The van der Waals surface area contributed by atoms with Gasteiger partial charge in [-0.15, -0.1) is 0 Å². The lowest BCUT2D eigenvalue weighted by Crippen LogP contribution is -2.54. The first-order valence-corrected chi connectivity index (χ1v) is 11.9. The number of benzene rings is 1. The predicted molar refractivity (Wildman–Crippen MR) is 125 cm³/mol. The molecule has 3 rings (SSSR count). The van der Waals surface area contributed by atoms with Gasteiger partial charge >= 0.3 is 6.61 Å². The maximum atomic E-state index is 13.1. The Morgan fingerprint density at radius 3 is 2.82 bits per heavy atom. The molecule has 1 amide bonds. The number of aliphatic hydroxyl groups excluding tert-OH is 1. The minimum atomic E-state index is -3.03. The second kappa shape index (κ2) is 11.0. The smallest absolute Gasteiger partial charge is 0.387 e. The number of hydrogen-bond donors (Lipinski definition) is 3. The first-order valence-electron chi connectivity index (χ1n) is 11.5. The number of unbranched alkanes of at least 4 members (excludes halogenated alkanes) is 1. The highest BCUT2D eigenvalue weighted by Crippen LogP contribution is 2.38. The minimum absolute atomic E-state index is 0.0229. The number of alkyl halides is 2. The third-order valence-corrected chi connectivity index (χ3v) is 6.77. The summed E-state index contributed by atoms with van der Waals surface area (Å²) in [7, 11) is 1.55. The van der Waals surface area contributed by atoms with E-state index in [0.29, 0.717) is 12.8 Å². The number of carbonyl (C=O) groups excluding carboxylic acids is 1. The van der Waals surface area contributed by atoms with Gasteiger partial charge in [-0.2, -0.15) is 13.9 Å². The fourth-order valence-electron chi connectivity index (χ4n) is 4.33. The predicted octanol–water partition coefficient (Wildman–Crippen LogP) is 4.33. The van der Waals surface area contributed by atoms with Crippen LogP contribution in [-0.2, 0) is 13.5 Å². The topological polar surface area (TPSA) is 96.6 Å². The second-order valence-corrected chi connectivity index (χ2v) is 9.51. The number of aromatic nitrogens is 2. The van der Waals surface area contributed by atoms with Crippen molar-refractivity contribution >= 4 is 17.5 Å². The number of aryl methyl sites for hydroxylation is 2. The molecular formula is C24H32ClF2N3O4. The summed E-state index contributed by atoms with van der Waals surface area (Å²) in [5, 5.41) is 27.8. The van der Waals surface area contributed by atoms with Crippen molar-refractivity contribution in [2.75, 3.05) is 6.54 Å². The first-order chi connectivity index (χ1) is 16.1. The Balaban J connectivity index is 1.85. The number of amides is 1. The number of nitrogens with one attached hydrogen (secondary N) is 1. The molecule has 0 unspecified atom stereocenters. The van der Waals surface area contributed by atoms with Crippen LogP contribution < -0.4 is 10.1 Å². The Labute approximate surface area is 203 Å². The van der Waals surface area contributed by atoms with Crippen LogP contribution in [0.4, 0.5) is 8.78 Å². The Morgan fingerprint density at radius 2 is 2.18 bits per heavy atom. The summed E-state index contributed by atoms with van der Waals surface area (Å²) in [6, 6.07) is 5.00. The molecule has 188 valence electrons. The van der Waals surface area contributed by atoms with Gasteiger partial charge in [-0.1, -0.05) is 37.9 Å². The lowest BCUT2D eigenvalue weighted by Gasteiger charge is -2.39. The average Bonchev–Trinajstić information content (AvgIpc) is 3.07. The summed E-state index contributed by atoms with van der Waals surface area (Å²) in [5.41, 5.74) is -0.144. The van der Waals surface area contributed by atoms with Crippen LogP contribution in [0.25, 0.3) is 11.3 Å². The molecule has 0 radical (unpaired) electrons. The SMILES string of the molecule is CCCCc1ccc(-c2c(Cl)c(C(=O)NC[C@@]3(O)CC[C@H](C)C[C@@H]3O)nn2C)c(OC(F)F)c1. The highest BCUT2D eigenvalue weighted by atomic mass is 35.5. The van der Waals surface area contributed by atoms with Crippen molar-refractivity contribution in [3.05, 3.63) is 34.5 Å². The van der Waals surface area contributed by atoms with Crippen LogP contribution in [-0.4, -0.2) is 50.8 Å². The molecule has 1 heterocycles. The normalized spacial score (nSPS) is 22.7. The molecule has 1 saturated carbocycles. The van der Waals surface area contributed by atoms with Gasteiger partial charge in [-0.25, -0.2) is 0 Å². The summed E-state index contributed by atoms with van der Waals surface area (Å²) < 4.78 is 32.3. The number of aliphatic hydroxyl groups is 2. The van der Waals surface area contributed by atoms with Gasteiger partial charge in [0.05, 0.1) is 16.8 Å². The van der Waals surface area contributed by atoms with E-state index in [4.69, 9.17) is 16.3 Å². The molecular weight excluding hydrogens is 468 g/mol. The van der Waals surface area contributed by atoms with E-state index in [1.165, 1.54) is 4.68 Å². The first kappa shape index (κ1) is 26.4. The van der Waals surface area contributed by atoms with Gasteiger partial charge in [0.2, 0.25) is 0 Å².